The third-order valence-electron chi connectivity index (χ3n) is 5.06. The number of fused-ring (bicyclic) bond motifs is 3. The predicted molar refractivity (Wildman–Crippen MR) is 101 cm³/mol. The molecule has 0 aliphatic carbocycles. The number of hydrogen-bond acceptors (Lipinski definition) is 3. The topological polar surface area (TPSA) is 29.0 Å². The van der Waals surface area contributed by atoms with Gasteiger partial charge in [-0.05, 0) is 40.1 Å². The molecule has 2 aromatic carbocycles. The SMILES string of the molecule is c1ccc2cc(CN3CCc4nc5ccncc5cc4C3)ccc2c1. The highest BCUT2D eigenvalue weighted by Gasteiger charge is 2.18. The van der Waals surface area contributed by atoms with Gasteiger partial charge >= 0.3 is 0 Å². The number of pyridine rings is 2. The van der Waals surface area contributed by atoms with E-state index in [0.29, 0.717) is 0 Å². The van der Waals surface area contributed by atoms with Crippen molar-refractivity contribution in [3.8, 4) is 0 Å². The lowest BCUT2D eigenvalue weighted by molar-refractivity contribution is 0.244. The summed E-state index contributed by atoms with van der Waals surface area (Å²) in [5.41, 5.74) is 5.01. The van der Waals surface area contributed by atoms with Crippen molar-refractivity contribution in [2.24, 2.45) is 0 Å². The van der Waals surface area contributed by atoms with Gasteiger partial charge in [0.15, 0.2) is 0 Å². The third kappa shape index (κ3) is 2.77. The molecule has 1 aliphatic rings. The van der Waals surface area contributed by atoms with E-state index in [2.05, 4.69) is 58.4 Å². The van der Waals surface area contributed by atoms with Crippen molar-refractivity contribution in [1.82, 2.24) is 14.9 Å². The minimum atomic E-state index is 0.958. The number of benzene rings is 2. The predicted octanol–water partition coefficient (Wildman–Crippen LogP) is 4.34. The Balaban J connectivity index is 1.41. The first-order chi connectivity index (χ1) is 12.3. The molecule has 4 aromatic rings. The minimum Gasteiger partial charge on any atom is -0.294 e. The van der Waals surface area contributed by atoms with Crippen molar-refractivity contribution < 1.29 is 0 Å². The van der Waals surface area contributed by atoms with Crippen LogP contribution in [0.25, 0.3) is 21.7 Å². The molecule has 2 aromatic heterocycles. The van der Waals surface area contributed by atoms with Crippen molar-refractivity contribution in [3.63, 3.8) is 0 Å². The van der Waals surface area contributed by atoms with Gasteiger partial charge in [-0.15, -0.1) is 0 Å². The van der Waals surface area contributed by atoms with Gasteiger partial charge in [-0.1, -0.05) is 36.4 Å². The quantitative estimate of drug-likeness (QED) is 0.549. The molecule has 5 rings (SSSR count). The summed E-state index contributed by atoms with van der Waals surface area (Å²) in [6.45, 7) is 3.00. The van der Waals surface area contributed by atoms with E-state index in [1.165, 1.54) is 27.6 Å². The summed E-state index contributed by atoms with van der Waals surface area (Å²) in [6, 6.07) is 19.6. The van der Waals surface area contributed by atoms with Gasteiger partial charge < -0.3 is 0 Å². The Hall–Kier alpha value is -2.78. The summed E-state index contributed by atoms with van der Waals surface area (Å²) in [7, 11) is 0. The van der Waals surface area contributed by atoms with Gasteiger partial charge in [0.05, 0.1) is 5.52 Å². The maximum atomic E-state index is 4.83. The average Bonchev–Trinajstić information content (AvgIpc) is 2.66. The molecule has 122 valence electrons. The lowest BCUT2D eigenvalue weighted by Gasteiger charge is -2.28. The van der Waals surface area contributed by atoms with Crippen LogP contribution in [0, 0.1) is 0 Å². The van der Waals surface area contributed by atoms with Crippen LogP contribution < -0.4 is 0 Å². The van der Waals surface area contributed by atoms with Crippen molar-refractivity contribution >= 4 is 21.7 Å². The van der Waals surface area contributed by atoms with Crippen molar-refractivity contribution in [3.05, 3.63) is 83.8 Å². The smallest absolute Gasteiger partial charge is 0.0736 e. The van der Waals surface area contributed by atoms with E-state index in [4.69, 9.17) is 4.98 Å². The second kappa shape index (κ2) is 5.94. The lowest BCUT2D eigenvalue weighted by atomic mass is 10.0. The fraction of sp³-hybridized carbons (Fsp3) is 0.182. The molecule has 0 amide bonds. The second-order valence-corrected chi connectivity index (χ2v) is 6.80. The number of aromatic nitrogens is 2. The zero-order valence-electron chi connectivity index (χ0n) is 14.0. The van der Waals surface area contributed by atoms with E-state index < -0.39 is 0 Å². The van der Waals surface area contributed by atoms with Crippen LogP contribution in [0.3, 0.4) is 0 Å². The molecule has 0 fully saturated rings. The molecular formula is C22H19N3. The fourth-order valence-corrected chi connectivity index (χ4v) is 3.77. The van der Waals surface area contributed by atoms with Gasteiger partial charge in [-0.2, -0.15) is 0 Å². The first kappa shape index (κ1) is 14.6. The molecule has 0 atom stereocenters. The number of rotatable bonds is 2. The van der Waals surface area contributed by atoms with Gasteiger partial charge in [0.2, 0.25) is 0 Å². The molecule has 25 heavy (non-hydrogen) atoms. The third-order valence-corrected chi connectivity index (χ3v) is 5.06. The van der Waals surface area contributed by atoms with E-state index in [9.17, 15) is 0 Å². The van der Waals surface area contributed by atoms with Crippen LogP contribution in [0.5, 0.6) is 0 Å². The van der Waals surface area contributed by atoms with Crippen LogP contribution in [0.4, 0.5) is 0 Å². The van der Waals surface area contributed by atoms with Crippen molar-refractivity contribution in [2.45, 2.75) is 19.5 Å². The molecular weight excluding hydrogens is 306 g/mol. The summed E-state index contributed by atoms with van der Waals surface area (Å²) in [6.07, 6.45) is 4.74. The Labute approximate surface area is 147 Å². The van der Waals surface area contributed by atoms with E-state index in [-0.39, 0.29) is 0 Å². The standard InChI is InChI=1S/C22H19N3/c1-2-4-18-11-16(5-6-17(18)3-1)14-25-10-8-22-20(15-25)12-19-13-23-9-7-21(19)24-22/h1-7,9,11-13H,8,10,14-15H2. The molecule has 0 N–H and O–H groups in total. The molecule has 0 spiro atoms. The Kier molecular flexibility index (Phi) is 3.46. The van der Waals surface area contributed by atoms with Crippen molar-refractivity contribution in [1.29, 1.82) is 0 Å². The summed E-state index contributed by atoms with van der Waals surface area (Å²) in [5, 5.41) is 3.75. The molecule has 0 radical (unpaired) electrons. The van der Waals surface area contributed by atoms with Crippen LogP contribution in [-0.4, -0.2) is 21.4 Å². The van der Waals surface area contributed by atoms with Crippen LogP contribution >= 0.6 is 0 Å². The van der Waals surface area contributed by atoms with Crippen LogP contribution in [-0.2, 0) is 19.5 Å². The monoisotopic (exact) mass is 325 g/mol. The zero-order chi connectivity index (χ0) is 16.6. The molecule has 3 heterocycles. The van der Waals surface area contributed by atoms with Gasteiger partial charge in [-0.3, -0.25) is 14.9 Å². The Morgan fingerprint density at radius 3 is 2.80 bits per heavy atom. The lowest BCUT2D eigenvalue weighted by Crippen LogP contribution is -2.30. The molecule has 0 saturated carbocycles. The van der Waals surface area contributed by atoms with E-state index in [1.807, 2.05) is 18.5 Å². The van der Waals surface area contributed by atoms with Gasteiger partial charge in [0.25, 0.3) is 0 Å². The van der Waals surface area contributed by atoms with E-state index in [0.717, 1.165) is 37.0 Å². The largest absolute Gasteiger partial charge is 0.294 e. The number of hydrogen-bond donors (Lipinski definition) is 0. The first-order valence-corrected chi connectivity index (χ1v) is 8.78. The maximum absolute atomic E-state index is 4.83. The van der Waals surface area contributed by atoms with Crippen LogP contribution in [0.1, 0.15) is 16.8 Å². The molecule has 0 saturated heterocycles. The Morgan fingerprint density at radius 1 is 0.920 bits per heavy atom. The molecule has 3 heteroatoms. The summed E-state index contributed by atoms with van der Waals surface area (Å²) < 4.78 is 0. The second-order valence-electron chi connectivity index (χ2n) is 6.80. The van der Waals surface area contributed by atoms with Crippen molar-refractivity contribution in [2.75, 3.05) is 6.54 Å². The zero-order valence-corrected chi connectivity index (χ0v) is 14.0. The van der Waals surface area contributed by atoms with Gasteiger partial charge in [0.1, 0.15) is 0 Å². The molecule has 3 nitrogen and oxygen atoms in total. The summed E-state index contributed by atoms with van der Waals surface area (Å²) in [5.74, 6) is 0. The highest BCUT2D eigenvalue weighted by atomic mass is 15.1. The van der Waals surface area contributed by atoms with Gasteiger partial charge in [0, 0.05) is 49.5 Å². The van der Waals surface area contributed by atoms with E-state index in [1.54, 1.807) is 0 Å². The highest BCUT2D eigenvalue weighted by Crippen LogP contribution is 2.24. The van der Waals surface area contributed by atoms with E-state index >= 15 is 0 Å². The van der Waals surface area contributed by atoms with Crippen LogP contribution in [0.15, 0.2) is 67.0 Å². The molecule has 0 unspecified atom stereocenters. The minimum absolute atomic E-state index is 0.958. The maximum Gasteiger partial charge on any atom is 0.0736 e. The Morgan fingerprint density at radius 2 is 1.84 bits per heavy atom. The first-order valence-electron chi connectivity index (χ1n) is 8.78. The molecule has 0 bridgehead atoms. The average molecular weight is 325 g/mol. The Bertz CT molecular complexity index is 1070. The normalized spacial score (nSPS) is 14.7. The van der Waals surface area contributed by atoms with Gasteiger partial charge in [-0.25, -0.2) is 0 Å². The molecule has 1 aliphatic heterocycles. The van der Waals surface area contributed by atoms with Crippen LogP contribution in [0.2, 0.25) is 0 Å². The number of nitrogens with zero attached hydrogens (tertiary/aromatic N) is 3. The summed E-state index contributed by atoms with van der Waals surface area (Å²) in [4.78, 5) is 11.6. The fourth-order valence-electron chi connectivity index (χ4n) is 3.77. The highest BCUT2D eigenvalue weighted by molar-refractivity contribution is 5.83. The summed E-state index contributed by atoms with van der Waals surface area (Å²) >= 11 is 0.